The Balaban J connectivity index is 2.91. The second-order valence-corrected chi connectivity index (χ2v) is 6.98. The van der Waals surface area contributed by atoms with Gasteiger partial charge >= 0.3 is 11.9 Å². The molecule has 0 aliphatic heterocycles. The maximum absolute atomic E-state index is 12.7. The van der Waals surface area contributed by atoms with E-state index in [0.717, 1.165) is 0 Å². The van der Waals surface area contributed by atoms with E-state index >= 15 is 0 Å². The lowest BCUT2D eigenvalue weighted by Crippen LogP contribution is -2.55. The van der Waals surface area contributed by atoms with Gasteiger partial charge in [0, 0.05) is 13.0 Å². The van der Waals surface area contributed by atoms with Crippen LogP contribution >= 0.6 is 0 Å². The molecule has 3 unspecified atom stereocenters. The van der Waals surface area contributed by atoms with Gasteiger partial charge in [0.15, 0.2) is 5.96 Å². The molecule has 11 N–H and O–H groups in total. The number of carbonyl (C=O) groups excluding carboxylic acids is 2. The molecule has 0 aliphatic carbocycles. The van der Waals surface area contributed by atoms with Crippen molar-refractivity contribution >= 4 is 29.7 Å². The molecule has 0 aliphatic rings. The Morgan fingerprint density at radius 2 is 1.56 bits per heavy atom. The SMILES string of the molecule is NC(N)=NCCCC(N)C(=O)NC(Cc1ccc(O)cc1)C(=O)NC(CC(=O)O)C(=O)O. The number of nitrogens with zero attached hydrogens (tertiary/aromatic N) is 1. The Morgan fingerprint density at radius 3 is 2.09 bits per heavy atom. The van der Waals surface area contributed by atoms with E-state index in [2.05, 4.69) is 15.6 Å². The molecule has 0 saturated heterocycles. The molecule has 1 aromatic carbocycles. The maximum atomic E-state index is 12.7. The van der Waals surface area contributed by atoms with Gasteiger partial charge in [0.05, 0.1) is 12.5 Å². The third kappa shape index (κ3) is 9.75. The van der Waals surface area contributed by atoms with Crippen LogP contribution in [0.3, 0.4) is 0 Å². The van der Waals surface area contributed by atoms with Crippen LogP contribution in [0.15, 0.2) is 29.3 Å². The van der Waals surface area contributed by atoms with Gasteiger partial charge in [0.25, 0.3) is 0 Å². The first-order chi connectivity index (χ1) is 15.0. The van der Waals surface area contributed by atoms with Crippen LogP contribution in [0.4, 0.5) is 0 Å². The number of aromatic hydroxyl groups is 1. The second-order valence-electron chi connectivity index (χ2n) is 6.98. The van der Waals surface area contributed by atoms with Crippen LogP contribution in [0.25, 0.3) is 0 Å². The van der Waals surface area contributed by atoms with E-state index in [1.54, 1.807) is 0 Å². The minimum absolute atomic E-state index is 0.00557. The predicted octanol–water partition coefficient (Wildman–Crippen LogP) is -2.16. The van der Waals surface area contributed by atoms with E-state index < -0.39 is 48.3 Å². The number of rotatable bonds is 13. The first-order valence-electron chi connectivity index (χ1n) is 9.63. The largest absolute Gasteiger partial charge is 0.508 e. The molecule has 0 bridgehead atoms. The van der Waals surface area contributed by atoms with Crippen molar-refractivity contribution in [1.82, 2.24) is 10.6 Å². The Morgan fingerprint density at radius 1 is 0.969 bits per heavy atom. The van der Waals surface area contributed by atoms with E-state index in [4.69, 9.17) is 27.4 Å². The topological polar surface area (TPSA) is 243 Å². The Labute approximate surface area is 183 Å². The molecule has 0 aromatic heterocycles. The summed E-state index contributed by atoms with van der Waals surface area (Å²) in [5.41, 5.74) is 16.8. The van der Waals surface area contributed by atoms with Crippen LogP contribution in [0.1, 0.15) is 24.8 Å². The van der Waals surface area contributed by atoms with Gasteiger partial charge in [0.1, 0.15) is 17.8 Å². The van der Waals surface area contributed by atoms with Crippen molar-refractivity contribution in [3.8, 4) is 5.75 Å². The zero-order chi connectivity index (χ0) is 24.3. The summed E-state index contributed by atoms with van der Waals surface area (Å²) in [5, 5.41) is 32.0. The van der Waals surface area contributed by atoms with Crippen molar-refractivity contribution in [3.05, 3.63) is 29.8 Å². The number of hydrogen-bond donors (Lipinski definition) is 8. The Hall–Kier alpha value is -3.87. The number of phenolic OH excluding ortho intramolecular Hbond substituents is 1. The van der Waals surface area contributed by atoms with Crippen LogP contribution in [-0.4, -0.2) is 69.7 Å². The molecule has 0 fully saturated rings. The highest BCUT2D eigenvalue weighted by molar-refractivity contribution is 5.93. The average molecular weight is 452 g/mol. The lowest BCUT2D eigenvalue weighted by atomic mass is 10.0. The van der Waals surface area contributed by atoms with E-state index in [-0.39, 0.29) is 31.1 Å². The lowest BCUT2D eigenvalue weighted by molar-refractivity contribution is -0.147. The molecule has 2 amide bonds. The zero-order valence-corrected chi connectivity index (χ0v) is 17.2. The van der Waals surface area contributed by atoms with Crippen LogP contribution in [-0.2, 0) is 25.6 Å². The summed E-state index contributed by atoms with van der Waals surface area (Å²) < 4.78 is 0. The maximum Gasteiger partial charge on any atom is 0.326 e. The molecule has 13 heteroatoms. The number of hydrogen-bond acceptors (Lipinski definition) is 7. The molecular formula is C19H28N6O7. The zero-order valence-electron chi connectivity index (χ0n) is 17.2. The standard InChI is InChI=1S/C19H28N6O7/c20-12(2-1-7-23-19(21)22)16(29)24-13(8-10-3-5-11(26)6-4-10)17(30)25-14(18(31)32)9-15(27)28/h3-6,12-14,26H,1-2,7-9,20H2,(H,24,29)(H,25,30)(H,27,28)(H,31,32)(H4,21,22,23). The molecule has 176 valence electrons. The predicted molar refractivity (Wildman–Crippen MR) is 113 cm³/mol. The summed E-state index contributed by atoms with van der Waals surface area (Å²) in [6.07, 6.45) is -0.281. The van der Waals surface area contributed by atoms with E-state index in [1.165, 1.54) is 24.3 Å². The van der Waals surface area contributed by atoms with Crippen molar-refractivity contribution in [1.29, 1.82) is 0 Å². The molecular weight excluding hydrogens is 424 g/mol. The van der Waals surface area contributed by atoms with Crippen molar-refractivity contribution in [2.24, 2.45) is 22.2 Å². The summed E-state index contributed by atoms with van der Waals surface area (Å²) in [5.74, 6) is -4.62. The number of benzene rings is 1. The summed E-state index contributed by atoms with van der Waals surface area (Å²) in [6.45, 7) is 0.260. The van der Waals surface area contributed by atoms with Crippen LogP contribution < -0.4 is 27.8 Å². The van der Waals surface area contributed by atoms with Gasteiger partial charge < -0.3 is 43.2 Å². The van der Waals surface area contributed by atoms with Crippen LogP contribution in [0.2, 0.25) is 0 Å². The molecule has 13 nitrogen and oxygen atoms in total. The van der Waals surface area contributed by atoms with Gasteiger partial charge in [-0.3, -0.25) is 19.4 Å². The molecule has 1 aromatic rings. The number of carbonyl (C=O) groups is 4. The summed E-state index contributed by atoms with van der Waals surface area (Å²) in [4.78, 5) is 51.1. The second kappa shape index (κ2) is 12.7. The normalized spacial score (nSPS) is 13.3. The number of nitrogens with two attached hydrogens (primary N) is 3. The van der Waals surface area contributed by atoms with Gasteiger partial charge in [-0.2, -0.15) is 0 Å². The van der Waals surface area contributed by atoms with E-state index in [0.29, 0.717) is 12.0 Å². The van der Waals surface area contributed by atoms with Crippen LogP contribution in [0.5, 0.6) is 5.75 Å². The number of aliphatic carboxylic acids is 2. The van der Waals surface area contributed by atoms with Gasteiger partial charge in [-0.15, -0.1) is 0 Å². The highest BCUT2D eigenvalue weighted by Crippen LogP contribution is 2.12. The monoisotopic (exact) mass is 452 g/mol. The highest BCUT2D eigenvalue weighted by Gasteiger charge is 2.29. The van der Waals surface area contributed by atoms with Crippen molar-refractivity contribution < 1.29 is 34.5 Å². The smallest absolute Gasteiger partial charge is 0.326 e. The quantitative estimate of drug-likeness (QED) is 0.0915. The molecule has 1 rings (SSSR count). The number of aliphatic imine (C=N–C) groups is 1. The van der Waals surface area contributed by atoms with Gasteiger partial charge in [0.2, 0.25) is 11.8 Å². The number of nitrogens with one attached hydrogen (secondary N) is 2. The summed E-state index contributed by atoms with van der Waals surface area (Å²) in [7, 11) is 0. The number of carboxylic acid groups (broad SMARTS) is 2. The molecule has 0 heterocycles. The third-order valence-electron chi connectivity index (χ3n) is 4.31. The summed E-state index contributed by atoms with van der Waals surface area (Å²) in [6, 6.07) is 1.87. The first kappa shape index (κ1) is 26.2. The highest BCUT2D eigenvalue weighted by atomic mass is 16.4. The van der Waals surface area contributed by atoms with Crippen molar-refractivity contribution in [2.75, 3.05) is 6.54 Å². The average Bonchev–Trinajstić information content (AvgIpc) is 2.70. The Bertz CT molecular complexity index is 839. The molecule has 0 spiro atoms. The van der Waals surface area contributed by atoms with E-state index in [1.807, 2.05) is 0 Å². The molecule has 3 atom stereocenters. The Kier molecular flexibility index (Phi) is 10.4. The fourth-order valence-electron chi connectivity index (χ4n) is 2.65. The molecule has 0 saturated carbocycles. The lowest BCUT2D eigenvalue weighted by Gasteiger charge is -2.22. The molecule has 32 heavy (non-hydrogen) atoms. The third-order valence-corrected chi connectivity index (χ3v) is 4.31. The number of amides is 2. The van der Waals surface area contributed by atoms with Gasteiger partial charge in [-0.05, 0) is 30.5 Å². The molecule has 0 radical (unpaired) electrons. The fourth-order valence-corrected chi connectivity index (χ4v) is 2.65. The number of phenols is 1. The summed E-state index contributed by atoms with van der Waals surface area (Å²) >= 11 is 0. The number of guanidine groups is 1. The number of carboxylic acids is 2. The van der Waals surface area contributed by atoms with Gasteiger partial charge in [-0.25, -0.2) is 4.79 Å². The fraction of sp³-hybridized carbons (Fsp3) is 0.421. The van der Waals surface area contributed by atoms with E-state index in [9.17, 15) is 24.3 Å². The minimum atomic E-state index is -1.69. The first-order valence-corrected chi connectivity index (χ1v) is 9.63. The van der Waals surface area contributed by atoms with Gasteiger partial charge in [-0.1, -0.05) is 12.1 Å². The van der Waals surface area contributed by atoms with Crippen molar-refractivity contribution in [2.45, 2.75) is 43.8 Å². The minimum Gasteiger partial charge on any atom is -0.508 e. The van der Waals surface area contributed by atoms with Crippen LogP contribution in [0, 0.1) is 0 Å². The van der Waals surface area contributed by atoms with Crippen molar-refractivity contribution in [3.63, 3.8) is 0 Å².